The zero-order chi connectivity index (χ0) is 36.9. The van der Waals surface area contributed by atoms with Gasteiger partial charge in [0.1, 0.15) is 42.3 Å². The number of ether oxygens (including phenoxy) is 3. The monoisotopic (exact) mass is 718 g/mol. The van der Waals surface area contributed by atoms with Gasteiger partial charge in [0.15, 0.2) is 0 Å². The molecule has 280 valence electrons. The summed E-state index contributed by atoms with van der Waals surface area (Å²) in [5.41, 5.74) is 2.00. The second-order valence-corrected chi connectivity index (χ2v) is 12.6. The van der Waals surface area contributed by atoms with Gasteiger partial charge >= 0.3 is 0 Å². The lowest BCUT2D eigenvalue weighted by Crippen LogP contribution is -2.55. The van der Waals surface area contributed by atoms with Crippen molar-refractivity contribution in [1.29, 1.82) is 0 Å². The molecule has 3 aromatic rings. The lowest BCUT2D eigenvalue weighted by molar-refractivity contribution is -0.131. The van der Waals surface area contributed by atoms with E-state index < -0.39 is 54.7 Å². The maximum absolute atomic E-state index is 13.6. The van der Waals surface area contributed by atoms with E-state index in [4.69, 9.17) is 19.3 Å². The number of hydrogen-bond acceptors (Lipinski definition) is 11. The predicted octanol–water partition coefficient (Wildman–Crippen LogP) is 1.96. The molecule has 1 heterocycles. The minimum absolute atomic E-state index is 0.0173. The van der Waals surface area contributed by atoms with Crippen molar-refractivity contribution < 1.29 is 58.4 Å². The summed E-state index contributed by atoms with van der Waals surface area (Å²) in [7, 11) is 1.70. The number of benzene rings is 3. The van der Waals surface area contributed by atoms with Crippen LogP contribution in [0, 0.1) is 17.6 Å². The highest BCUT2D eigenvalue weighted by molar-refractivity contribution is 6.03. The van der Waals surface area contributed by atoms with Gasteiger partial charge in [-0.15, -0.1) is 0 Å². The highest BCUT2D eigenvalue weighted by Crippen LogP contribution is 2.46. The van der Waals surface area contributed by atoms with Crippen LogP contribution in [-0.4, -0.2) is 126 Å². The number of carbonyl (C=O) groups is 1. The first-order valence-corrected chi connectivity index (χ1v) is 16.9. The van der Waals surface area contributed by atoms with E-state index in [9.17, 15) is 39.1 Å². The van der Waals surface area contributed by atoms with Crippen LogP contribution >= 0.6 is 0 Å². The first-order chi connectivity index (χ1) is 24.5. The number of carbonyl (C=O) groups excluding carboxylic acids is 1. The summed E-state index contributed by atoms with van der Waals surface area (Å²) in [5, 5.41) is 58.7. The molecule has 7 unspecified atom stereocenters. The largest absolute Gasteiger partial charge is 0.491 e. The van der Waals surface area contributed by atoms with Gasteiger partial charge in [0.05, 0.1) is 57.2 Å². The molecular weight excluding hydrogens is 670 g/mol. The van der Waals surface area contributed by atoms with E-state index in [0.717, 1.165) is 5.56 Å². The summed E-state index contributed by atoms with van der Waals surface area (Å²) >= 11 is 0. The molecule has 0 radical (unpaired) electrons. The Morgan fingerprint density at radius 1 is 0.765 bits per heavy atom. The number of hydrogen-bond donors (Lipinski definition) is 6. The molecule has 51 heavy (non-hydrogen) atoms. The molecule has 0 aromatic heterocycles. The highest BCUT2D eigenvalue weighted by atomic mass is 19.1. The van der Waals surface area contributed by atoms with Gasteiger partial charge in [-0.2, -0.15) is 0 Å². The van der Waals surface area contributed by atoms with Crippen LogP contribution in [0.15, 0.2) is 72.8 Å². The number of β-lactam (4-membered cyclic amide) rings is 1. The molecule has 12 nitrogen and oxygen atoms in total. The molecule has 0 aliphatic carbocycles. The van der Waals surface area contributed by atoms with E-state index in [1.54, 1.807) is 41.1 Å². The number of likely N-dealkylation sites (N-methyl/N-ethyl adjacent to an activating group) is 1. The van der Waals surface area contributed by atoms with E-state index >= 15 is 0 Å². The minimum Gasteiger partial charge on any atom is -0.491 e. The summed E-state index contributed by atoms with van der Waals surface area (Å²) in [4.78, 5) is 16.6. The van der Waals surface area contributed by atoms with Crippen molar-refractivity contribution in [2.45, 2.75) is 49.4 Å². The Balaban J connectivity index is 1.18. The Labute approximate surface area is 296 Å². The average Bonchev–Trinajstić information content (AvgIpc) is 3.13. The zero-order valence-corrected chi connectivity index (χ0v) is 28.5. The third-order valence-corrected chi connectivity index (χ3v) is 8.86. The maximum atomic E-state index is 13.6. The van der Waals surface area contributed by atoms with Crippen LogP contribution in [0.5, 0.6) is 5.75 Å². The number of rotatable bonds is 22. The molecule has 1 amide bonds. The van der Waals surface area contributed by atoms with Gasteiger partial charge in [0.2, 0.25) is 5.91 Å². The zero-order valence-electron chi connectivity index (χ0n) is 28.5. The van der Waals surface area contributed by atoms with Gasteiger partial charge in [-0.05, 0) is 79.5 Å². The van der Waals surface area contributed by atoms with Crippen molar-refractivity contribution in [2.24, 2.45) is 5.92 Å². The van der Waals surface area contributed by atoms with Crippen LogP contribution in [0.3, 0.4) is 0 Å². The first-order valence-electron chi connectivity index (χ1n) is 16.9. The molecule has 3 aromatic carbocycles. The SMILES string of the molecule is CN(CCOCCOCCOc1ccc(C2C(CCC(O)c3ccc(F)cc3)C(=O)N2c2ccc(F)cc2)cc1)CC(O)C(O)C(O)C(O)CO. The fraction of sp³-hybridized carbons (Fsp3) is 0.486. The van der Waals surface area contributed by atoms with Crippen molar-refractivity contribution in [3.63, 3.8) is 0 Å². The number of aliphatic hydroxyl groups excluding tert-OH is 6. The fourth-order valence-corrected chi connectivity index (χ4v) is 5.89. The Kier molecular flexibility index (Phi) is 15.7. The van der Waals surface area contributed by atoms with Crippen molar-refractivity contribution in [1.82, 2.24) is 4.90 Å². The minimum atomic E-state index is -1.67. The van der Waals surface area contributed by atoms with Crippen molar-refractivity contribution in [2.75, 3.05) is 64.7 Å². The van der Waals surface area contributed by atoms with Crippen LogP contribution < -0.4 is 9.64 Å². The number of anilines is 1. The molecule has 7 atom stereocenters. The molecule has 0 spiro atoms. The van der Waals surface area contributed by atoms with Gasteiger partial charge in [-0.25, -0.2) is 8.78 Å². The highest BCUT2D eigenvalue weighted by Gasteiger charge is 2.48. The van der Waals surface area contributed by atoms with Crippen molar-refractivity contribution in [3.8, 4) is 5.75 Å². The Morgan fingerprint density at radius 2 is 1.33 bits per heavy atom. The van der Waals surface area contributed by atoms with E-state index in [-0.39, 0.29) is 25.1 Å². The first kappa shape index (κ1) is 40.2. The molecule has 4 rings (SSSR count). The molecule has 1 aliphatic rings. The van der Waals surface area contributed by atoms with Crippen LogP contribution in [0.1, 0.15) is 36.1 Å². The average molecular weight is 719 g/mol. The van der Waals surface area contributed by atoms with Gasteiger partial charge < -0.3 is 54.6 Å². The molecular formula is C37H48F2N2O10. The summed E-state index contributed by atoms with van der Waals surface area (Å²) < 4.78 is 43.9. The van der Waals surface area contributed by atoms with Gasteiger partial charge in [0.25, 0.3) is 0 Å². The summed E-state index contributed by atoms with van der Waals surface area (Å²) in [6.45, 7) is 1.27. The van der Waals surface area contributed by atoms with Crippen molar-refractivity contribution >= 4 is 11.6 Å². The number of aliphatic hydroxyl groups is 6. The van der Waals surface area contributed by atoms with Crippen LogP contribution in [0.2, 0.25) is 0 Å². The topological polar surface area (TPSA) is 173 Å². The quantitative estimate of drug-likeness (QED) is 0.0663. The third kappa shape index (κ3) is 11.5. The molecule has 1 fully saturated rings. The van der Waals surface area contributed by atoms with Crippen LogP contribution in [-0.2, 0) is 14.3 Å². The molecule has 14 heteroatoms. The smallest absolute Gasteiger partial charge is 0.233 e. The normalized spacial score (nSPS) is 19.0. The Bertz CT molecular complexity index is 1470. The summed E-state index contributed by atoms with van der Waals surface area (Å²) in [6.07, 6.45) is -6.32. The van der Waals surface area contributed by atoms with E-state index in [1.165, 1.54) is 36.4 Å². The Hall–Kier alpha value is -3.57. The second-order valence-electron chi connectivity index (χ2n) is 12.6. The second kappa shape index (κ2) is 19.9. The summed E-state index contributed by atoms with van der Waals surface area (Å²) in [5.74, 6) is -0.740. The lowest BCUT2D eigenvalue weighted by atomic mass is 9.78. The fourth-order valence-electron chi connectivity index (χ4n) is 5.89. The molecule has 0 saturated carbocycles. The predicted molar refractivity (Wildman–Crippen MR) is 183 cm³/mol. The molecule has 6 N–H and O–H groups in total. The Morgan fingerprint density at radius 3 is 1.96 bits per heavy atom. The van der Waals surface area contributed by atoms with E-state index in [2.05, 4.69) is 0 Å². The number of amides is 1. The lowest BCUT2D eigenvalue weighted by Gasteiger charge is -2.48. The van der Waals surface area contributed by atoms with Crippen molar-refractivity contribution in [3.05, 3.63) is 95.6 Å². The summed E-state index contributed by atoms with van der Waals surface area (Å²) in [6, 6.07) is 18.4. The standard InChI is InChI=1S/C37H48F2N2O10/c1-40(22-32(44)35(46)36(47)33(45)23-42)16-17-49-18-19-50-20-21-51-29-12-4-25(5-13-29)34-30(14-15-31(43)24-2-6-26(38)7-3-24)37(48)41(34)28-10-8-27(39)9-11-28/h2-13,30-36,42-47H,14-23H2,1H3. The number of nitrogens with zero attached hydrogens (tertiary/aromatic N) is 2. The van der Waals surface area contributed by atoms with E-state index in [0.29, 0.717) is 62.8 Å². The van der Waals surface area contributed by atoms with Gasteiger partial charge in [0, 0.05) is 18.8 Å². The maximum Gasteiger partial charge on any atom is 0.233 e. The third-order valence-electron chi connectivity index (χ3n) is 8.86. The van der Waals surface area contributed by atoms with E-state index in [1.807, 2.05) is 12.1 Å². The molecule has 1 aliphatic heterocycles. The van der Waals surface area contributed by atoms with Gasteiger partial charge in [-0.1, -0.05) is 24.3 Å². The molecule has 0 bridgehead atoms. The van der Waals surface area contributed by atoms with Gasteiger partial charge in [-0.3, -0.25) is 4.79 Å². The van der Waals surface area contributed by atoms with Crippen LogP contribution in [0.4, 0.5) is 14.5 Å². The van der Waals surface area contributed by atoms with Crippen LogP contribution in [0.25, 0.3) is 0 Å². The number of halogens is 2. The molecule has 1 saturated heterocycles.